The summed E-state index contributed by atoms with van der Waals surface area (Å²) in [5.74, 6) is 0.617. The molecule has 0 saturated heterocycles. The Hall–Kier alpha value is -0.770. The molecule has 1 aliphatic carbocycles. The van der Waals surface area contributed by atoms with Crippen LogP contribution in [0.25, 0.3) is 0 Å². The summed E-state index contributed by atoms with van der Waals surface area (Å²) in [5, 5.41) is 18.4. The third kappa shape index (κ3) is 3.38. The molecular weight excluding hydrogens is 194 g/mol. The largest absolute Gasteiger partial charge is 0.465 e. The molecule has 0 aromatic rings. The van der Waals surface area contributed by atoms with E-state index in [9.17, 15) is 9.90 Å². The van der Waals surface area contributed by atoms with E-state index in [1.807, 2.05) is 20.8 Å². The van der Waals surface area contributed by atoms with Crippen LogP contribution in [0, 0.1) is 5.92 Å². The zero-order valence-electron chi connectivity index (χ0n) is 9.73. The van der Waals surface area contributed by atoms with Crippen molar-refractivity contribution < 1.29 is 15.0 Å². The Morgan fingerprint density at radius 1 is 1.47 bits per heavy atom. The topological polar surface area (TPSA) is 60.8 Å². The molecular formula is C11H21NO3. The second kappa shape index (κ2) is 4.39. The van der Waals surface area contributed by atoms with Gasteiger partial charge in [-0.05, 0) is 33.1 Å². The van der Waals surface area contributed by atoms with Crippen LogP contribution in [0.3, 0.4) is 0 Å². The van der Waals surface area contributed by atoms with Crippen molar-refractivity contribution in [2.24, 2.45) is 5.92 Å². The molecule has 0 aliphatic heterocycles. The molecule has 0 unspecified atom stereocenters. The highest BCUT2D eigenvalue weighted by atomic mass is 16.4. The van der Waals surface area contributed by atoms with Crippen molar-refractivity contribution in [3.8, 4) is 0 Å². The lowest BCUT2D eigenvalue weighted by molar-refractivity contribution is 0.0410. The fraction of sp³-hybridized carbons (Fsp3) is 0.909. The molecule has 1 rings (SSSR count). The molecule has 1 aliphatic rings. The molecule has 2 N–H and O–H groups in total. The molecule has 88 valence electrons. The predicted octanol–water partition coefficient (Wildman–Crippen LogP) is 1.93. The predicted molar refractivity (Wildman–Crippen MR) is 57.8 cm³/mol. The summed E-state index contributed by atoms with van der Waals surface area (Å²) in [6, 6.07) is -0.255. The normalized spacial score (nSPS) is 18.7. The van der Waals surface area contributed by atoms with Crippen molar-refractivity contribution >= 4 is 6.09 Å². The van der Waals surface area contributed by atoms with Crippen LogP contribution in [0.2, 0.25) is 0 Å². The van der Waals surface area contributed by atoms with Gasteiger partial charge in [0.1, 0.15) is 0 Å². The van der Waals surface area contributed by atoms with Crippen molar-refractivity contribution in [3.05, 3.63) is 0 Å². The van der Waals surface area contributed by atoms with Crippen LogP contribution >= 0.6 is 0 Å². The van der Waals surface area contributed by atoms with E-state index in [1.165, 1.54) is 17.7 Å². The lowest BCUT2D eigenvalue weighted by atomic mass is 10.0. The molecule has 0 heterocycles. The Kier molecular flexibility index (Phi) is 3.60. The minimum atomic E-state index is -0.942. The molecule has 0 radical (unpaired) electrons. The molecule has 15 heavy (non-hydrogen) atoms. The van der Waals surface area contributed by atoms with Crippen molar-refractivity contribution in [1.82, 2.24) is 4.90 Å². The maximum Gasteiger partial charge on any atom is 0.408 e. The van der Waals surface area contributed by atoms with Gasteiger partial charge in [-0.3, -0.25) is 4.90 Å². The minimum Gasteiger partial charge on any atom is -0.465 e. The number of rotatable bonds is 4. The summed E-state index contributed by atoms with van der Waals surface area (Å²) in [6.07, 6.45) is 2.20. The quantitative estimate of drug-likeness (QED) is 0.753. The van der Waals surface area contributed by atoms with Crippen LogP contribution in [0.5, 0.6) is 0 Å². The third-order valence-electron chi connectivity index (χ3n) is 2.81. The SMILES string of the molecule is CC(C)(C)N(C(=O)O)[C@H](CO)CC1CC1. The zero-order chi connectivity index (χ0) is 11.6. The van der Waals surface area contributed by atoms with E-state index in [1.54, 1.807) is 0 Å². The van der Waals surface area contributed by atoms with Gasteiger partial charge >= 0.3 is 6.09 Å². The molecule has 0 aromatic heterocycles. The van der Waals surface area contributed by atoms with E-state index < -0.39 is 11.6 Å². The number of hydrogen-bond acceptors (Lipinski definition) is 2. The van der Waals surface area contributed by atoms with Gasteiger partial charge in [0.05, 0.1) is 12.6 Å². The van der Waals surface area contributed by atoms with Crippen LogP contribution in [-0.2, 0) is 0 Å². The van der Waals surface area contributed by atoms with Gasteiger partial charge in [0.25, 0.3) is 0 Å². The molecule has 0 bridgehead atoms. The number of aliphatic hydroxyl groups is 1. The average Bonchev–Trinajstić information content (AvgIpc) is 2.83. The third-order valence-corrected chi connectivity index (χ3v) is 2.81. The first-order chi connectivity index (χ1) is 6.86. The average molecular weight is 215 g/mol. The van der Waals surface area contributed by atoms with Gasteiger partial charge in [-0.15, -0.1) is 0 Å². The highest BCUT2D eigenvalue weighted by Crippen LogP contribution is 2.35. The molecule has 1 saturated carbocycles. The first-order valence-electron chi connectivity index (χ1n) is 5.49. The molecule has 1 amide bonds. The zero-order valence-corrected chi connectivity index (χ0v) is 9.73. The Labute approximate surface area is 90.9 Å². The molecule has 1 atom stereocenters. The number of carboxylic acid groups (broad SMARTS) is 1. The molecule has 0 spiro atoms. The second-order valence-corrected chi connectivity index (χ2v) is 5.34. The maximum absolute atomic E-state index is 11.2. The van der Waals surface area contributed by atoms with Crippen molar-refractivity contribution in [1.29, 1.82) is 0 Å². The molecule has 4 heteroatoms. The van der Waals surface area contributed by atoms with E-state index in [-0.39, 0.29) is 12.6 Å². The number of carbonyl (C=O) groups is 1. The number of nitrogens with zero attached hydrogens (tertiary/aromatic N) is 1. The van der Waals surface area contributed by atoms with Gasteiger partial charge in [0.2, 0.25) is 0 Å². The summed E-state index contributed by atoms with van der Waals surface area (Å²) >= 11 is 0. The molecule has 4 nitrogen and oxygen atoms in total. The van der Waals surface area contributed by atoms with E-state index >= 15 is 0 Å². The van der Waals surface area contributed by atoms with Crippen LogP contribution in [0.1, 0.15) is 40.0 Å². The number of amides is 1. The van der Waals surface area contributed by atoms with E-state index in [0.717, 1.165) is 6.42 Å². The fourth-order valence-corrected chi connectivity index (χ4v) is 1.99. The monoisotopic (exact) mass is 215 g/mol. The van der Waals surface area contributed by atoms with E-state index in [4.69, 9.17) is 5.11 Å². The van der Waals surface area contributed by atoms with Crippen LogP contribution in [-0.4, -0.2) is 39.4 Å². The lowest BCUT2D eigenvalue weighted by Crippen LogP contribution is -2.52. The molecule has 0 aromatic carbocycles. The summed E-state index contributed by atoms with van der Waals surface area (Å²) in [5.41, 5.74) is -0.450. The second-order valence-electron chi connectivity index (χ2n) is 5.34. The smallest absolute Gasteiger partial charge is 0.408 e. The minimum absolute atomic E-state index is 0.0833. The van der Waals surface area contributed by atoms with Crippen LogP contribution in [0.15, 0.2) is 0 Å². The van der Waals surface area contributed by atoms with E-state index in [0.29, 0.717) is 5.92 Å². The van der Waals surface area contributed by atoms with Crippen molar-refractivity contribution in [2.75, 3.05) is 6.61 Å². The van der Waals surface area contributed by atoms with Crippen LogP contribution in [0.4, 0.5) is 4.79 Å². The first-order valence-corrected chi connectivity index (χ1v) is 5.49. The Balaban J connectivity index is 2.70. The standard InChI is InChI=1S/C11H21NO3/c1-11(2,3)12(10(14)15)9(7-13)6-8-4-5-8/h8-9,13H,4-7H2,1-3H3,(H,14,15)/t9-/m0/s1. The highest BCUT2D eigenvalue weighted by Gasteiger charge is 2.36. The number of hydrogen-bond donors (Lipinski definition) is 2. The Morgan fingerprint density at radius 2 is 2.00 bits per heavy atom. The Bertz CT molecular complexity index is 230. The van der Waals surface area contributed by atoms with Gasteiger partial charge in [0, 0.05) is 5.54 Å². The Morgan fingerprint density at radius 3 is 2.27 bits per heavy atom. The summed E-state index contributed by atoms with van der Waals surface area (Å²) in [4.78, 5) is 12.5. The maximum atomic E-state index is 11.2. The number of aliphatic hydroxyl groups excluding tert-OH is 1. The van der Waals surface area contributed by atoms with Gasteiger partial charge in [-0.25, -0.2) is 4.79 Å². The highest BCUT2D eigenvalue weighted by molar-refractivity contribution is 5.66. The van der Waals surface area contributed by atoms with E-state index in [2.05, 4.69) is 0 Å². The molecule has 1 fully saturated rings. The van der Waals surface area contributed by atoms with Crippen molar-refractivity contribution in [2.45, 2.75) is 51.6 Å². The summed E-state index contributed by atoms with van der Waals surface area (Å²) < 4.78 is 0. The van der Waals surface area contributed by atoms with Crippen LogP contribution < -0.4 is 0 Å². The van der Waals surface area contributed by atoms with Gasteiger partial charge in [0.15, 0.2) is 0 Å². The fourth-order valence-electron chi connectivity index (χ4n) is 1.99. The summed E-state index contributed by atoms with van der Waals surface area (Å²) in [7, 11) is 0. The lowest BCUT2D eigenvalue weighted by Gasteiger charge is -2.39. The van der Waals surface area contributed by atoms with Gasteiger partial charge < -0.3 is 10.2 Å². The van der Waals surface area contributed by atoms with Gasteiger partial charge in [-0.1, -0.05) is 12.8 Å². The summed E-state index contributed by atoms with van der Waals surface area (Å²) in [6.45, 7) is 5.49. The first kappa shape index (κ1) is 12.3. The van der Waals surface area contributed by atoms with Gasteiger partial charge in [-0.2, -0.15) is 0 Å². The van der Waals surface area contributed by atoms with Crippen molar-refractivity contribution in [3.63, 3.8) is 0 Å².